The predicted molar refractivity (Wildman–Crippen MR) is 100 cm³/mol. The van der Waals surface area contributed by atoms with E-state index >= 15 is 0 Å². The van der Waals surface area contributed by atoms with Crippen molar-refractivity contribution in [3.63, 3.8) is 0 Å². The third-order valence-corrected chi connectivity index (χ3v) is 4.85. The fraction of sp³-hybridized carbons (Fsp3) is 0.263. The number of hydrogen-bond acceptors (Lipinski definition) is 6. The molecule has 0 aliphatic carbocycles. The Bertz CT molecular complexity index is 873. The molecule has 0 bridgehead atoms. The normalized spacial score (nSPS) is 15.3. The number of piperazine rings is 1. The Morgan fingerprint density at radius 1 is 0.962 bits per heavy atom. The Kier molecular flexibility index (Phi) is 4.77. The molecule has 0 saturated carbocycles. The molecule has 1 fully saturated rings. The second-order valence-corrected chi connectivity index (χ2v) is 6.67. The molecular formula is C19H19ClN4O2. The van der Waals surface area contributed by atoms with Gasteiger partial charge in [-0.3, -0.25) is 4.90 Å². The van der Waals surface area contributed by atoms with Crippen LogP contribution < -0.4 is 4.90 Å². The van der Waals surface area contributed by atoms with Crippen molar-refractivity contribution in [2.75, 3.05) is 31.1 Å². The van der Waals surface area contributed by atoms with Crippen LogP contribution in [-0.4, -0.2) is 46.4 Å². The van der Waals surface area contributed by atoms with E-state index in [4.69, 9.17) is 16.0 Å². The number of nitrogens with zero attached hydrogens (tertiary/aromatic N) is 4. The van der Waals surface area contributed by atoms with Crippen molar-refractivity contribution in [1.82, 2.24) is 15.1 Å². The van der Waals surface area contributed by atoms with E-state index in [-0.39, 0.29) is 5.75 Å². The first-order valence-electron chi connectivity index (χ1n) is 8.53. The fourth-order valence-electron chi connectivity index (χ4n) is 3.08. The third-order valence-electron chi connectivity index (χ3n) is 4.52. The molecule has 1 N–H and O–H groups in total. The lowest BCUT2D eigenvalue weighted by atomic mass is 10.2. The number of rotatable bonds is 4. The zero-order valence-corrected chi connectivity index (χ0v) is 14.9. The number of phenols is 1. The molecule has 1 aromatic heterocycles. The van der Waals surface area contributed by atoms with Crippen LogP contribution in [-0.2, 0) is 6.54 Å². The lowest BCUT2D eigenvalue weighted by Gasteiger charge is -2.35. The number of halogens is 1. The van der Waals surface area contributed by atoms with Gasteiger partial charge in [0, 0.05) is 31.9 Å². The topological polar surface area (TPSA) is 65.6 Å². The van der Waals surface area contributed by atoms with Crippen LogP contribution in [0.4, 0.5) is 5.69 Å². The number of hydrogen-bond donors (Lipinski definition) is 1. The summed E-state index contributed by atoms with van der Waals surface area (Å²) in [5.41, 5.74) is 1.88. The molecule has 1 aliphatic heterocycles. The van der Waals surface area contributed by atoms with E-state index in [1.807, 2.05) is 36.4 Å². The van der Waals surface area contributed by atoms with Gasteiger partial charge in [-0.25, -0.2) is 0 Å². The summed E-state index contributed by atoms with van der Waals surface area (Å²) in [7, 11) is 0. The molecule has 0 radical (unpaired) electrons. The Morgan fingerprint density at radius 3 is 2.42 bits per heavy atom. The number of phenolic OH excluding ortho intramolecular Hbond substituents is 1. The molecule has 0 unspecified atom stereocenters. The fourth-order valence-corrected chi connectivity index (χ4v) is 3.30. The van der Waals surface area contributed by atoms with E-state index in [0.29, 0.717) is 23.3 Å². The molecule has 3 aromatic rings. The Hall–Kier alpha value is -2.57. The molecule has 4 rings (SSSR count). The largest absolute Gasteiger partial charge is 0.508 e. The number of aromatic nitrogens is 2. The molecular weight excluding hydrogens is 352 g/mol. The van der Waals surface area contributed by atoms with Gasteiger partial charge in [-0.15, -0.1) is 10.2 Å². The lowest BCUT2D eigenvalue weighted by Crippen LogP contribution is -2.46. The van der Waals surface area contributed by atoms with Crippen molar-refractivity contribution in [1.29, 1.82) is 0 Å². The van der Waals surface area contributed by atoms with Crippen LogP contribution in [0.1, 0.15) is 5.89 Å². The van der Waals surface area contributed by atoms with Crippen LogP contribution in [0, 0.1) is 0 Å². The van der Waals surface area contributed by atoms with Crippen LogP contribution in [0.15, 0.2) is 52.9 Å². The van der Waals surface area contributed by atoms with Crippen molar-refractivity contribution < 1.29 is 9.52 Å². The van der Waals surface area contributed by atoms with Gasteiger partial charge in [-0.05, 0) is 36.4 Å². The van der Waals surface area contributed by atoms with E-state index in [9.17, 15) is 5.11 Å². The van der Waals surface area contributed by atoms with Crippen molar-refractivity contribution >= 4 is 17.3 Å². The van der Waals surface area contributed by atoms with Crippen LogP contribution in [0.25, 0.3) is 11.5 Å². The average molecular weight is 371 g/mol. The van der Waals surface area contributed by atoms with Gasteiger partial charge in [0.05, 0.1) is 17.1 Å². The summed E-state index contributed by atoms with van der Waals surface area (Å²) < 4.78 is 5.79. The van der Waals surface area contributed by atoms with Crippen LogP contribution in [0.3, 0.4) is 0 Å². The van der Waals surface area contributed by atoms with Crippen LogP contribution >= 0.6 is 11.6 Å². The highest BCUT2D eigenvalue weighted by molar-refractivity contribution is 6.33. The highest BCUT2D eigenvalue weighted by atomic mass is 35.5. The van der Waals surface area contributed by atoms with Gasteiger partial charge >= 0.3 is 0 Å². The summed E-state index contributed by atoms with van der Waals surface area (Å²) in [4.78, 5) is 4.60. The van der Waals surface area contributed by atoms with Gasteiger partial charge in [0.1, 0.15) is 5.75 Å². The van der Waals surface area contributed by atoms with Crippen LogP contribution in [0.5, 0.6) is 5.75 Å². The Labute approximate surface area is 156 Å². The van der Waals surface area contributed by atoms with E-state index < -0.39 is 0 Å². The smallest absolute Gasteiger partial charge is 0.249 e. The summed E-state index contributed by atoms with van der Waals surface area (Å²) in [5, 5.41) is 18.3. The lowest BCUT2D eigenvalue weighted by molar-refractivity contribution is 0.227. The quantitative estimate of drug-likeness (QED) is 0.759. The monoisotopic (exact) mass is 370 g/mol. The van der Waals surface area contributed by atoms with Gasteiger partial charge in [-0.1, -0.05) is 23.7 Å². The second-order valence-electron chi connectivity index (χ2n) is 6.26. The van der Waals surface area contributed by atoms with Crippen molar-refractivity contribution in [3.05, 3.63) is 59.4 Å². The van der Waals surface area contributed by atoms with Crippen molar-refractivity contribution in [2.45, 2.75) is 6.54 Å². The molecule has 0 amide bonds. The van der Waals surface area contributed by atoms with Gasteiger partial charge < -0.3 is 14.4 Å². The van der Waals surface area contributed by atoms with Gasteiger partial charge in [0.25, 0.3) is 0 Å². The van der Waals surface area contributed by atoms with Gasteiger partial charge in [0.2, 0.25) is 11.8 Å². The van der Waals surface area contributed by atoms with E-state index in [1.165, 1.54) is 0 Å². The highest BCUT2D eigenvalue weighted by Crippen LogP contribution is 2.26. The maximum atomic E-state index is 9.40. The number of aromatic hydroxyl groups is 1. The summed E-state index contributed by atoms with van der Waals surface area (Å²) in [6, 6.07) is 14.8. The van der Waals surface area contributed by atoms with E-state index in [2.05, 4.69) is 20.0 Å². The predicted octanol–water partition coefficient (Wildman–Crippen LogP) is 3.42. The first-order chi connectivity index (χ1) is 12.7. The van der Waals surface area contributed by atoms with Crippen LogP contribution in [0.2, 0.25) is 5.02 Å². The first-order valence-corrected chi connectivity index (χ1v) is 8.90. The summed E-state index contributed by atoms with van der Waals surface area (Å²) in [6.07, 6.45) is 0. The van der Waals surface area contributed by atoms with Gasteiger partial charge in [-0.2, -0.15) is 0 Å². The molecule has 1 aliphatic rings. The van der Waals surface area contributed by atoms with Crippen molar-refractivity contribution in [2.24, 2.45) is 0 Å². The molecule has 134 valence electrons. The molecule has 26 heavy (non-hydrogen) atoms. The highest BCUT2D eigenvalue weighted by Gasteiger charge is 2.20. The summed E-state index contributed by atoms with van der Waals surface area (Å²) >= 11 is 6.18. The van der Waals surface area contributed by atoms with Crippen molar-refractivity contribution in [3.8, 4) is 17.2 Å². The van der Waals surface area contributed by atoms with E-state index in [0.717, 1.165) is 37.4 Å². The minimum absolute atomic E-state index is 0.290. The zero-order chi connectivity index (χ0) is 17.9. The standard InChI is InChI=1S/C19H19ClN4O2/c20-17-4-2-1-3-16(17)19-22-21-18(26-19)13-23-9-11-24(12-10-23)14-5-7-15(25)8-6-14/h1-8,25H,9-13H2. The maximum Gasteiger partial charge on any atom is 0.249 e. The maximum absolute atomic E-state index is 9.40. The Balaban J connectivity index is 1.36. The molecule has 1 saturated heterocycles. The summed E-state index contributed by atoms with van der Waals surface area (Å²) in [5.74, 6) is 1.34. The van der Waals surface area contributed by atoms with E-state index in [1.54, 1.807) is 12.1 Å². The minimum atomic E-state index is 0.290. The third kappa shape index (κ3) is 3.66. The van der Waals surface area contributed by atoms with Gasteiger partial charge in [0.15, 0.2) is 0 Å². The summed E-state index contributed by atoms with van der Waals surface area (Å²) in [6.45, 7) is 4.27. The average Bonchev–Trinajstić information content (AvgIpc) is 3.12. The Morgan fingerprint density at radius 2 is 1.69 bits per heavy atom. The first kappa shape index (κ1) is 16.9. The SMILES string of the molecule is Oc1ccc(N2CCN(Cc3nnc(-c4ccccc4Cl)o3)CC2)cc1. The molecule has 2 heterocycles. The number of benzene rings is 2. The second kappa shape index (κ2) is 7.35. The molecule has 0 spiro atoms. The zero-order valence-electron chi connectivity index (χ0n) is 14.2. The minimum Gasteiger partial charge on any atom is -0.508 e. The molecule has 0 atom stereocenters. The molecule has 2 aromatic carbocycles. The molecule has 7 heteroatoms. The molecule has 6 nitrogen and oxygen atoms in total. The number of anilines is 1.